The Balaban J connectivity index is 1.56. The van der Waals surface area contributed by atoms with E-state index < -0.39 is 0 Å². The molecule has 0 aromatic heterocycles. The Labute approximate surface area is 87.0 Å². The number of piperidine rings is 2. The van der Waals surface area contributed by atoms with Crippen LogP contribution in [0.1, 0.15) is 32.1 Å². The van der Waals surface area contributed by atoms with Crippen LogP contribution >= 0.6 is 0 Å². The molecule has 0 radical (unpaired) electrons. The van der Waals surface area contributed by atoms with Crippen molar-refractivity contribution in [2.75, 3.05) is 20.1 Å². The van der Waals surface area contributed by atoms with Crippen LogP contribution in [0.2, 0.25) is 0 Å². The molecule has 0 spiro atoms. The number of nitrogens with zero attached hydrogens (tertiary/aromatic N) is 1. The quantitative estimate of drug-likeness (QED) is 0.732. The molecule has 3 unspecified atom stereocenters. The largest absolute Gasteiger partial charge is 0.313 e. The highest BCUT2D eigenvalue weighted by Crippen LogP contribution is 2.35. The van der Waals surface area contributed by atoms with Gasteiger partial charge in [0.15, 0.2) is 0 Å². The van der Waals surface area contributed by atoms with Gasteiger partial charge in [0, 0.05) is 18.6 Å². The molecule has 0 aromatic rings. The zero-order chi connectivity index (χ0) is 9.54. The number of hydrogen-bond acceptors (Lipinski definition) is 2. The maximum atomic E-state index is 3.71. The highest BCUT2D eigenvalue weighted by molar-refractivity contribution is 4.94. The van der Waals surface area contributed by atoms with Crippen molar-refractivity contribution in [3.63, 3.8) is 0 Å². The molecule has 2 aliphatic heterocycles. The molecule has 2 heteroatoms. The lowest BCUT2D eigenvalue weighted by atomic mass is 9.74. The summed E-state index contributed by atoms with van der Waals surface area (Å²) >= 11 is 0. The number of fused-ring (bicyclic) bond motifs is 3. The van der Waals surface area contributed by atoms with Crippen LogP contribution in [0.15, 0.2) is 0 Å². The molecule has 2 saturated heterocycles. The van der Waals surface area contributed by atoms with Gasteiger partial charge in [0.1, 0.15) is 0 Å². The normalized spacial score (nSPS) is 42.0. The molecule has 4 aliphatic rings. The van der Waals surface area contributed by atoms with E-state index in [2.05, 4.69) is 17.3 Å². The molecule has 2 nitrogen and oxygen atoms in total. The van der Waals surface area contributed by atoms with Crippen LogP contribution < -0.4 is 5.32 Å². The van der Waals surface area contributed by atoms with Gasteiger partial charge >= 0.3 is 0 Å². The van der Waals surface area contributed by atoms with Gasteiger partial charge in [-0.3, -0.25) is 0 Å². The van der Waals surface area contributed by atoms with E-state index in [1.807, 2.05) is 0 Å². The van der Waals surface area contributed by atoms with Gasteiger partial charge in [-0.25, -0.2) is 0 Å². The van der Waals surface area contributed by atoms with Gasteiger partial charge in [-0.05, 0) is 57.5 Å². The lowest BCUT2D eigenvalue weighted by Gasteiger charge is -2.44. The Kier molecular flexibility index (Phi) is 2.29. The van der Waals surface area contributed by atoms with Crippen molar-refractivity contribution < 1.29 is 0 Å². The fourth-order valence-electron chi connectivity index (χ4n) is 3.37. The molecular weight excluding hydrogens is 172 g/mol. The fraction of sp³-hybridized carbons (Fsp3) is 1.00. The van der Waals surface area contributed by atoms with Crippen LogP contribution in [0.3, 0.4) is 0 Å². The zero-order valence-corrected chi connectivity index (χ0v) is 9.21. The van der Waals surface area contributed by atoms with Crippen LogP contribution in [0.25, 0.3) is 0 Å². The lowest BCUT2D eigenvalue weighted by Crippen LogP contribution is -2.53. The van der Waals surface area contributed by atoms with Gasteiger partial charge < -0.3 is 10.2 Å². The van der Waals surface area contributed by atoms with Crippen molar-refractivity contribution in [3.05, 3.63) is 0 Å². The van der Waals surface area contributed by atoms with Crippen LogP contribution in [0.4, 0.5) is 0 Å². The van der Waals surface area contributed by atoms with E-state index in [4.69, 9.17) is 0 Å². The molecule has 2 aliphatic carbocycles. The Morgan fingerprint density at radius 3 is 2.57 bits per heavy atom. The first-order valence-electron chi connectivity index (χ1n) is 6.26. The minimum Gasteiger partial charge on any atom is -0.313 e. The monoisotopic (exact) mass is 194 g/mol. The smallest absolute Gasteiger partial charge is 0.0108 e. The van der Waals surface area contributed by atoms with Gasteiger partial charge in [0.05, 0.1) is 0 Å². The number of hydrogen-bond donors (Lipinski definition) is 1. The fourth-order valence-corrected chi connectivity index (χ4v) is 3.37. The van der Waals surface area contributed by atoms with Crippen molar-refractivity contribution in [3.8, 4) is 0 Å². The first kappa shape index (κ1) is 9.17. The third-order valence-electron chi connectivity index (χ3n) is 4.45. The average Bonchev–Trinajstić information content (AvgIpc) is 3.02. The summed E-state index contributed by atoms with van der Waals surface area (Å²) < 4.78 is 0. The third kappa shape index (κ3) is 1.70. The Morgan fingerprint density at radius 2 is 2.07 bits per heavy atom. The van der Waals surface area contributed by atoms with Gasteiger partial charge in [-0.2, -0.15) is 0 Å². The summed E-state index contributed by atoms with van der Waals surface area (Å²) in [6, 6.07) is 1.79. The summed E-state index contributed by atoms with van der Waals surface area (Å²) in [6.07, 6.45) is 7.32. The minimum absolute atomic E-state index is 0.848. The molecule has 3 atom stereocenters. The molecule has 0 aromatic carbocycles. The molecule has 14 heavy (non-hydrogen) atoms. The molecule has 80 valence electrons. The summed E-state index contributed by atoms with van der Waals surface area (Å²) in [6.45, 7) is 2.65. The molecular formula is C12H22N2. The second-order valence-corrected chi connectivity index (χ2v) is 5.62. The van der Waals surface area contributed by atoms with Crippen LogP contribution in [-0.2, 0) is 0 Å². The first-order valence-corrected chi connectivity index (χ1v) is 6.26. The highest BCUT2D eigenvalue weighted by Gasteiger charge is 2.37. The topological polar surface area (TPSA) is 15.3 Å². The first-order chi connectivity index (χ1) is 6.83. The Bertz CT molecular complexity index is 204. The van der Waals surface area contributed by atoms with Crippen molar-refractivity contribution in [2.45, 2.75) is 44.2 Å². The summed E-state index contributed by atoms with van der Waals surface area (Å²) in [5.74, 6) is 1.95. The van der Waals surface area contributed by atoms with E-state index >= 15 is 0 Å². The molecule has 1 N–H and O–H groups in total. The standard InChI is InChI=1S/C12H22N2/c1-14(11-3-4-11)8-10-6-9-2-5-12(10)13-7-9/h9-13H,2-8H2,1H3. The van der Waals surface area contributed by atoms with E-state index in [1.165, 1.54) is 45.2 Å². The van der Waals surface area contributed by atoms with Gasteiger partial charge in [0.2, 0.25) is 0 Å². The summed E-state index contributed by atoms with van der Waals surface area (Å²) in [5, 5.41) is 3.71. The van der Waals surface area contributed by atoms with Gasteiger partial charge in [0.25, 0.3) is 0 Å². The van der Waals surface area contributed by atoms with Crippen molar-refractivity contribution >= 4 is 0 Å². The van der Waals surface area contributed by atoms with E-state index in [0.29, 0.717) is 0 Å². The van der Waals surface area contributed by atoms with Crippen molar-refractivity contribution in [2.24, 2.45) is 11.8 Å². The lowest BCUT2D eigenvalue weighted by molar-refractivity contribution is 0.105. The third-order valence-corrected chi connectivity index (χ3v) is 4.45. The average molecular weight is 194 g/mol. The Hall–Kier alpha value is -0.0800. The minimum atomic E-state index is 0.848. The van der Waals surface area contributed by atoms with E-state index in [-0.39, 0.29) is 0 Å². The van der Waals surface area contributed by atoms with Crippen molar-refractivity contribution in [1.29, 1.82) is 0 Å². The van der Waals surface area contributed by atoms with E-state index in [9.17, 15) is 0 Å². The van der Waals surface area contributed by atoms with E-state index in [1.54, 1.807) is 0 Å². The summed E-state index contributed by atoms with van der Waals surface area (Å²) in [7, 11) is 2.32. The van der Waals surface area contributed by atoms with Crippen LogP contribution in [-0.4, -0.2) is 37.1 Å². The molecule has 2 heterocycles. The van der Waals surface area contributed by atoms with E-state index in [0.717, 1.165) is 23.9 Å². The highest BCUT2D eigenvalue weighted by atomic mass is 15.2. The number of rotatable bonds is 3. The summed E-state index contributed by atoms with van der Waals surface area (Å²) in [4.78, 5) is 2.60. The molecule has 2 bridgehead atoms. The number of nitrogens with one attached hydrogen (secondary N) is 1. The second kappa shape index (κ2) is 3.49. The molecule has 2 saturated carbocycles. The van der Waals surface area contributed by atoms with Crippen LogP contribution in [0.5, 0.6) is 0 Å². The molecule has 0 amide bonds. The van der Waals surface area contributed by atoms with Crippen molar-refractivity contribution in [1.82, 2.24) is 10.2 Å². The predicted octanol–water partition coefficient (Wildman–Crippen LogP) is 1.47. The molecule has 4 rings (SSSR count). The second-order valence-electron chi connectivity index (χ2n) is 5.62. The maximum absolute atomic E-state index is 3.71. The van der Waals surface area contributed by atoms with Gasteiger partial charge in [-0.1, -0.05) is 0 Å². The predicted molar refractivity (Wildman–Crippen MR) is 58.3 cm³/mol. The SMILES string of the molecule is CN(CC1CC2CCC1NC2)C1CC1. The zero-order valence-electron chi connectivity index (χ0n) is 9.21. The van der Waals surface area contributed by atoms with Crippen LogP contribution in [0, 0.1) is 11.8 Å². The summed E-state index contributed by atoms with van der Waals surface area (Å²) in [5.41, 5.74) is 0. The molecule has 4 fully saturated rings. The maximum Gasteiger partial charge on any atom is 0.0108 e. The van der Waals surface area contributed by atoms with Gasteiger partial charge in [-0.15, -0.1) is 0 Å². The Morgan fingerprint density at radius 1 is 1.21 bits per heavy atom.